The SMILES string of the molecule is CCOC(=O)C(Cc1ccc(OC(c2sc(-c3ccc(C(F)(F)F)cc3)nc2C)C2CCCC2)cc1C)OCC. The van der Waals surface area contributed by atoms with Gasteiger partial charge in [0.25, 0.3) is 0 Å². The molecular weight excluding hydrogens is 539 g/mol. The maximum atomic E-state index is 13.0. The van der Waals surface area contributed by atoms with Gasteiger partial charge in [0.15, 0.2) is 6.10 Å². The van der Waals surface area contributed by atoms with Gasteiger partial charge in [0.1, 0.15) is 16.9 Å². The van der Waals surface area contributed by atoms with Crippen LogP contribution in [-0.4, -0.2) is 30.3 Å². The Morgan fingerprint density at radius 1 is 1.05 bits per heavy atom. The first-order chi connectivity index (χ1) is 19.1. The predicted molar refractivity (Wildman–Crippen MR) is 150 cm³/mol. The summed E-state index contributed by atoms with van der Waals surface area (Å²) < 4.78 is 56.6. The van der Waals surface area contributed by atoms with Crippen LogP contribution in [0.3, 0.4) is 0 Å². The van der Waals surface area contributed by atoms with Gasteiger partial charge in [-0.25, -0.2) is 9.78 Å². The first-order valence-corrected chi connectivity index (χ1v) is 14.6. The number of ether oxygens (including phenoxy) is 3. The highest BCUT2D eigenvalue weighted by molar-refractivity contribution is 7.15. The van der Waals surface area contributed by atoms with Crippen molar-refractivity contribution in [2.75, 3.05) is 13.2 Å². The highest BCUT2D eigenvalue weighted by Gasteiger charge is 2.33. The van der Waals surface area contributed by atoms with E-state index >= 15 is 0 Å². The molecule has 2 unspecified atom stereocenters. The highest BCUT2D eigenvalue weighted by atomic mass is 32.1. The van der Waals surface area contributed by atoms with E-state index in [4.69, 9.17) is 19.2 Å². The molecule has 2 atom stereocenters. The molecule has 4 rings (SSSR count). The molecule has 1 aliphatic carbocycles. The summed E-state index contributed by atoms with van der Waals surface area (Å²) in [6.45, 7) is 8.26. The van der Waals surface area contributed by atoms with Gasteiger partial charge in [-0.05, 0) is 75.9 Å². The van der Waals surface area contributed by atoms with Gasteiger partial charge >= 0.3 is 12.1 Å². The van der Waals surface area contributed by atoms with Crippen molar-refractivity contribution in [3.05, 3.63) is 69.7 Å². The first-order valence-electron chi connectivity index (χ1n) is 13.8. The molecule has 0 radical (unpaired) electrons. The van der Waals surface area contributed by atoms with Crippen LogP contribution in [0, 0.1) is 19.8 Å². The van der Waals surface area contributed by atoms with Gasteiger partial charge in [-0.2, -0.15) is 13.2 Å². The molecule has 1 heterocycles. The summed E-state index contributed by atoms with van der Waals surface area (Å²) in [5.74, 6) is 0.687. The molecule has 40 heavy (non-hydrogen) atoms. The molecule has 0 saturated heterocycles. The van der Waals surface area contributed by atoms with Crippen molar-refractivity contribution in [3.63, 3.8) is 0 Å². The molecule has 0 spiro atoms. The monoisotopic (exact) mass is 575 g/mol. The molecule has 1 fully saturated rings. The summed E-state index contributed by atoms with van der Waals surface area (Å²) in [7, 11) is 0. The van der Waals surface area contributed by atoms with E-state index in [0.717, 1.165) is 65.3 Å². The molecule has 9 heteroatoms. The lowest BCUT2D eigenvalue weighted by Crippen LogP contribution is -2.29. The van der Waals surface area contributed by atoms with Crippen molar-refractivity contribution in [1.82, 2.24) is 4.98 Å². The fourth-order valence-corrected chi connectivity index (χ4v) is 6.38. The fourth-order valence-electron chi connectivity index (χ4n) is 5.19. The first kappa shape index (κ1) is 30.1. The molecule has 5 nitrogen and oxygen atoms in total. The van der Waals surface area contributed by atoms with Gasteiger partial charge in [-0.3, -0.25) is 0 Å². The quantitative estimate of drug-likeness (QED) is 0.215. The van der Waals surface area contributed by atoms with E-state index in [1.165, 1.54) is 23.5 Å². The number of carbonyl (C=O) groups excluding carboxylic acids is 1. The molecule has 2 aromatic carbocycles. The van der Waals surface area contributed by atoms with Gasteiger partial charge in [0, 0.05) is 24.5 Å². The predicted octanol–water partition coefficient (Wildman–Crippen LogP) is 8.27. The molecule has 0 amide bonds. The summed E-state index contributed by atoms with van der Waals surface area (Å²) in [6, 6.07) is 11.0. The van der Waals surface area contributed by atoms with Crippen LogP contribution in [0.4, 0.5) is 13.2 Å². The van der Waals surface area contributed by atoms with Crippen LogP contribution in [0.1, 0.15) is 72.9 Å². The molecule has 216 valence electrons. The number of nitrogens with zero attached hydrogens (tertiary/aromatic N) is 1. The Bertz CT molecular complexity index is 1280. The van der Waals surface area contributed by atoms with Crippen molar-refractivity contribution < 1.29 is 32.2 Å². The number of aromatic nitrogens is 1. The highest BCUT2D eigenvalue weighted by Crippen LogP contribution is 2.44. The van der Waals surface area contributed by atoms with E-state index in [2.05, 4.69) is 0 Å². The number of hydrogen-bond donors (Lipinski definition) is 0. The largest absolute Gasteiger partial charge is 0.485 e. The molecule has 0 N–H and O–H groups in total. The zero-order valence-corrected chi connectivity index (χ0v) is 24.2. The smallest absolute Gasteiger partial charge is 0.416 e. The van der Waals surface area contributed by atoms with Gasteiger partial charge in [-0.15, -0.1) is 11.3 Å². The van der Waals surface area contributed by atoms with Crippen LogP contribution >= 0.6 is 11.3 Å². The lowest BCUT2D eigenvalue weighted by atomic mass is 9.98. The second kappa shape index (κ2) is 13.2. The molecule has 0 bridgehead atoms. The Morgan fingerprint density at radius 2 is 1.75 bits per heavy atom. The van der Waals surface area contributed by atoms with Crippen LogP contribution in [0.25, 0.3) is 10.6 Å². The number of carbonyl (C=O) groups is 1. The number of hydrogen-bond acceptors (Lipinski definition) is 6. The number of thiazole rings is 1. The number of halogens is 3. The molecule has 3 aromatic rings. The lowest BCUT2D eigenvalue weighted by molar-refractivity contribution is -0.156. The third kappa shape index (κ3) is 7.23. The topological polar surface area (TPSA) is 57.7 Å². The Balaban J connectivity index is 1.57. The zero-order chi connectivity index (χ0) is 28.9. The number of rotatable bonds is 11. The number of alkyl halides is 3. The Labute approximate surface area is 237 Å². The molecule has 1 aliphatic rings. The average molecular weight is 576 g/mol. The van der Waals surface area contributed by atoms with Crippen LogP contribution in [0.2, 0.25) is 0 Å². The lowest BCUT2D eigenvalue weighted by Gasteiger charge is -2.25. The van der Waals surface area contributed by atoms with Crippen LogP contribution in [0.5, 0.6) is 5.75 Å². The van der Waals surface area contributed by atoms with E-state index in [1.807, 2.05) is 39.0 Å². The molecule has 0 aliphatic heterocycles. The van der Waals surface area contributed by atoms with Gasteiger partial charge in [0.2, 0.25) is 0 Å². The molecule has 1 saturated carbocycles. The van der Waals surface area contributed by atoms with E-state index in [0.29, 0.717) is 36.1 Å². The minimum Gasteiger partial charge on any atom is -0.485 e. The van der Waals surface area contributed by atoms with Crippen LogP contribution in [-0.2, 0) is 26.9 Å². The Kier molecular flexibility index (Phi) is 9.90. The van der Waals surface area contributed by atoms with Gasteiger partial charge in [-0.1, -0.05) is 31.0 Å². The van der Waals surface area contributed by atoms with E-state index in [9.17, 15) is 18.0 Å². The summed E-state index contributed by atoms with van der Waals surface area (Å²) in [5.41, 5.74) is 2.78. The van der Waals surface area contributed by atoms with E-state index < -0.39 is 17.8 Å². The minimum atomic E-state index is -4.37. The van der Waals surface area contributed by atoms with Crippen molar-refractivity contribution in [3.8, 4) is 16.3 Å². The third-order valence-electron chi connectivity index (χ3n) is 7.28. The minimum absolute atomic E-state index is 0.204. The van der Waals surface area contributed by atoms with Crippen LogP contribution < -0.4 is 4.74 Å². The second-order valence-corrected chi connectivity index (χ2v) is 11.1. The zero-order valence-electron chi connectivity index (χ0n) is 23.3. The number of aryl methyl sites for hydroxylation is 2. The normalized spacial score (nSPS) is 15.7. The number of benzene rings is 2. The van der Waals surface area contributed by atoms with E-state index in [-0.39, 0.29) is 12.1 Å². The average Bonchev–Trinajstić information content (AvgIpc) is 3.58. The number of esters is 1. The second-order valence-electron chi connectivity index (χ2n) is 10.1. The van der Waals surface area contributed by atoms with Crippen molar-refractivity contribution >= 4 is 17.3 Å². The van der Waals surface area contributed by atoms with Crippen LogP contribution in [0.15, 0.2) is 42.5 Å². The Morgan fingerprint density at radius 3 is 2.35 bits per heavy atom. The molecule has 1 aromatic heterocycles. The maximum Gasteiger partial charge on any atom is 0.416 e. The van der Waals surface area contributed by atoms with Crippen molar-refractivity contribution in [2.24, 2.45) is 5.92 Å². The summed E-state index contributed by atoms with van der Waals surface area (Å²) >= 11 is 1.48. The van der Waals surface area contributed by atoms with Crippen molar-refractivity contribution in [2.45, 2.75) is 78.2 Å². The fraction of sp³-hybridized carbons (Fsp3) is 0.484. The Hall–Kier alpha value is -2.91. The molecular formula is C31H36F3NO4S. The van der Waals surface area contributed by atoms with Crippen molar-refractivity contribution in [1.29, 1.82) is 0 Å². The summed E-state index contributed by atoms with van der Waals surface area (Å²) in [6.07, 6.45) is -0.462. The standard InChI is InChI=1S/C31H36F3NO4S/c1-5-37-26(30(36)38-6-2)18-23-13-16-25(17-19(23)3)39-27(21-9-7-8-10-21)28-20(4)35-29(40-28)22-11-14-24(15-12-22)31(32,33)34/h11-17,21,26-27H,5-10,18H2,1-4H3. The van der Waals surface area contributed by atoms with Gasteiger partial charge in [0.05, 0.1) is 22.7 Å². The maximum absolute atomic E-state index is 13.0. The summed E-state index contributed by atoms with van der Waals surface area (Å²) in [5, 5.41) is 0.681. The summed E-state index contributed by atoms with van der Waals surface area (Å²) in [4.78, 5) is 18.1. The van der Waals surface area contributed by atoms with E-state index in [1.54, 1.807) is 6.92 Å². The third-order valence-corrected chi connectivity index (χ3v) is 8.55. The van der Waals surface area contributed by atoms with Gasteiger partial charge < -0.3 is 14.2 Å².